The molecule has 0 aliphatic heterocycles. The van der Waals surface area contributed by atoms with E-state index in [2.05, 4.69) is 40.7 Å². The zero-order valence-corrected chi connectivity index (χ0v) is 12.8. The Morgan fingerprint density at radius 1 is 1.59 bits per heavy atom. The van der Waals surface area contributed by atoms with Crippen LogP contribution in [0.2, 0.25) is 25.7 Å². The van der Waals surface area contributed by atoms with Gasteiger partial charge in [0.15, 0.2) is 0 Å². The lowest BCUT2D eigenvalue weighted by Gasteiger charge is -2.15. The van der Waals surface area contributed by atoms with Gasteiger partial charge in [0.2, 0.25) is 0 Å². The first-order valence-corrected chi connectivity index (χ1v) is 9.84. The molecule has 7 heteroatoms. The fourth-order valence-corrected chi connectivity index (χ4v) is 2.35. The van der Waals surface area contributed by atoms with Crippen molar-refractivity contribution in [3.8, 4) is 0 Å². The molecular weight excluding hydrogens is 304 g/mol. The summed E-state index contributed by atoms with van der Waals surface area (Å²) in [4.78, 5) is 10.9. The first-order chi connectivity index (χ1) is 7.79. The van der Waals surface area contributed by atoms with Crippen LogP contribution in [0.1, 0.15) is 10.5 Å². The number of carbonyl (C=O) groups is 1. The van der Waals surface area contributed by atoms with Gasteiger partial charge in [-0.2, -0.15) is 5.10 Å². The predicted octanol–water partition coefficient (Wildman–Crippen LogP) is 2.66. The van der Waals surface area contributed by atoms with Crippen molar-refractivity contribution in [2.24, 2.45) is 0 Å². The van der Waals surface area contributed by atoms with E-state index < -0.39 is 14.0 Å². The maximum Gasteiger partial charge on any atom is 0.354 e. The van der Waals surface area contributed by atoms with Crippen LogP contribution in [0.5, 0.6) is 0 Å². The van der Waals surface area contributed by atoms with Gasteiger partial charge in [-0.15, -0.1) is 0 Å². The van der Waals surface area contributed by atoms with Crippen molar-refractivity contribution in [3.63, 3.8) is 0 Å². The highest BCUT2D eigenvalue weighted by atomic mass is 79.9. The Morgan fingerprint density at radius 2 is 2.24 bits per heavy atom. The molecule has 0 aromatic carbocycles. The summed E-state index contributed by atoms with van der Waals surface area (Å²) in [6.07, 6.45) is 0. The van der Waals surface area contributed by atoms with Crippen LogP contribution in [-0.4, -0.2) is 35.5 Å². The van der Waals surface area contributed by atoms with E-state index in [1.54, 1.807) is 0 Å². The largest absolute Gasteiger partial charge is 0.477 e. The third-order valence-electron chi connectivity index (χ3n) is 2.18. The molecule has 0 saturated heterocycles. The number of aromatic nitrogens is 2. The fraction of sp³-hybridized carbons (Fsp3) is 0.600. The number of ether oxygens (including phenoxy) is 1. The van der Waals surface area contributed by atoms with Crippen molar-refractivity contribution in [2.45, 2.75) is 32.4 Å². The van der Waals surface area contributed by atoms with Gasteiger partial charge in [-0.25, -0.2) is 9.48 Å². The first-order valence-electron chi connectivity index (χ1n) is 5.34. The van der Waals surface area contributed by atoms with Gasteiger partial charge in [-0.05, 0) is 22.0 Å². The van der Waals surface area contributed by atoms with Gasteiger partial charge in [-0.1, -0.05) is 19.6 Å². The molecule has 5 nitrogen and oxygen atoms in total. The molecule has 1 rings (SSSR count). The lowest BCUT2D eigenvalue weighted by atomic mass is 10.4. The standard InChI is InChI=1S/C10H17BrN2O3Si/c1-17(2,3)5-4-16-7-13-8(10(14)15)6-9(11)12-13/h6H,4-5,7H2,1-3H3,(H,14,15). The molecule has 0 saturated carbocycles. The number of halogens is 1. The molecule has 17 heavy (non-hydrogen) atoms. The molecule has 1 aromatic heterocycles. The van der Waals surface area contributed by atoms with Gasteiger partial charge in [0.25, 0.3) is 0 Å². The topological polar surface area (TPSA) is 64.4 Å². The Kier molecular flexibility index (Phi) is 4.90. The fourth-order valence-electron chi connectivity index (χ4n) is 1.19. The summed E-state index contributed by atoms with van der Waals surface area (Å²) in [5.41, 5.74) is 0.130. The molecule has 96 valence electrons. The Labute approximate surface area is 110 Å². The molecule has 0 aliphatic carbocycles. The van der Waals surface area contributed by atoms with Crippen LogP contribution in [0.3, 0.4) is 0 Å². The number of rotatable bonds is 6. The predicted molar refractivity (Wildman–Crippen MR) is 71.0 cm³/mol. The monoisotopic (exact) mass is 320 g/mol. The van der Waals surface area contributed by atoms with Crippen LogP contribution >= 0.6 is 15.9 Å². The summed E-state index contributed by atoms with van der Waals surface area (Å²) in [5.74, 6) is -1.00. The lowest BCUT2D eigenvalue weighted by Crippen LogP contribution is -2.22. The van der Waals surface area contributed by atoms with Crippen molar-refractivity contribution >= 4 is 30.0 Å². The summed E-state index contributed by atoms with van der Waals surface area (Å²) in [6, 6.07) is 2.52. The second-order valence-electron chi connectivity index (χ2n) is 5.00. The average molecular weight is 321 g/mol. The smallest absolute Gasteiger partial charge is 0.354 e. The van der Waals surface area contributed by atoms with Gasteiger partial charge >= 0.3 is 5.97 Å². The van der Waals surface area contributed by atoms with Crippen molar-refractivity contribution in [2.75, 3.05) is 6.61 Å². The van der Waals surface area contributed by atoms with E-state index in [-0.39, 0.29) is 12.4 Å². The number of hydrogen-bond acceptors (Lipinski definition) is 3. The normalized spacial score (nSPS) is 11.8. The second kappa shape index (κ2) is 5.79. The summed E-state index contributed by atoms with van der Waals surface area (Å²) in [5, 5.41) is 12.9. The molecule has 0 bridgehead atoms. The summed E-state index contributed by atoms with van der Waals surface area (Å²) < 4.78 is 7.30. The Bertz CT molecular complexity index is 401. The maximum atomic E-state index is 10.9. The minimum Gasteiger partial charge on any atom is -0.477 e. The summed E-state index contributed by atoms with van der Waals surface area (Å²) >= 11 is 3.15. The van der Waals surface area contributed by atoms with Gasteiger partial charge in [0, 0.05) is 20.7 Å². The molecule has 1 N–H and O–H groups in total. The Morgan fingerprint density at radius 3 is 2.76 bits per heavy atom. The molecule has 1 heterocycles. The molecule has 0 amide bonds. The molecule has 0 atom stereocenters. The molecular formula is C10H17BrN2O3Si. The molecule has 0 radical (unpaired) electrons. The van der Waals surface area contributed by atoms with Crippen molar-refractivity contribution < 1.29 is 14.6 Å². The molecule has 0 fully saturated rings. The van der Waals surface area contributed by atoms with Crippen LogP contribution in [0, 0.1) is 0 Å². The van der Waals surface area contributed by atoms with E-state index in [1.165, 1.54) is 10.7 Å². The molecule has 1 aromatic rings. The first kappa shape index (κ1) is 14.4. The molecule has 0 aliphatic rings. The molecule has 0 spiro atoms. The van der Waals surface area contributed by atoms with E-state index >= 15 is 0 Å². The van der Waals surface area contributed by atoms with Crippen LogP contribution < -0.4 is 0 Å². The minimum absolute atomic E-state index is 0.130. The quantitative estimate of drug-likeness (QED) is 0.646. The van der Waals surface area contributed by atoms with Crippen molar-refractivity contribution in [1.82, 2.24) is 9.78 Å². The van der Waals surface area contributed by atoms with E-state index in [9.17, 15) is 4.79 Å². The average Bonchev–Trinajstić information content (AvgIpc) is 2.53. The number of carboxylic acids is 1. The van der Waals surface area contributed by atoms with Gasteiger partial charge < -0.3 is 9.84 Å². The number of aromatic carboxylic acids is 1. The van der Waals surface area contributed by atoms with Crippen LogP contribution in [0.4, 0.5) is 0 Å². The van der Waals surface area contributed by atoms with Gasteiger partial charge in [0.05, 0.1) is 0 Å². The van der Waals surface area contributed by atoms with Crippen molar-refractivity contribution in [1.29, 1.82) is 0 Å². The Hall–Kier alpha value is -0.663. The van der Waals surface area contributed by atoms with E-state index in [0.717, 1.165) is 6.04 Å². The highest BCUT2D eigenvalue weighted by molar-refractivity contribution is 9.10. The number of hydrogen-bond donors (Lipinski definition) is 1. The van der Waals surface area contributed by atoms with Crippen LogP contribution in [0.25, 0.3) is 0 Å². The van der Waals surface area contributed by atoms with E-state index in [1.807, 2.05) is 0 Å². The number of nitrogens with zero attached hydrogens (tertiary/aromatic N) is 2. The van der Waals surface area contributed by atoms with Crippen molar-refractivity contribution in [3.05, 3.63) is 16.4 Å². The minimum atomic E-state index is -1.11. The SMILES string of the molecule is C[Si](C)(C)CCOCn1nc(Br)cc1C(=O)O. The zero-order chi connectivity index (χ0) is 13.1. The number of carboxylic acid groups (broad SMARTS) is 1. The van der Waals surface area contributed by atoms with E-state index in [4.69, 9.17) is 9.84 Å². The maximum absolute atomic E-state index is 10.9. The van der Waals surface area contributed by atoms with Crippen LogP contribution in [-0.2, 0) is 11.5 Å². The second-order valence-corrected chi connectivity index (χ2v) is 11.4. The van der Waals surface area contributed by atoms with E-state index in [0.29, 0.717) is 11.2 Å². The Balaban J connectivity index is 2.49. The van der Waals surface area contributed by atoms with Gasteiger partial charge in [0.1, 0.15) is 17.0 Å². The zero-order valence-electron chi connectivity index (χ0n) is 10.2. The lowest BCUT2D eigenvalue weighted by molar-refractivity contribution is 0.0590. The highest BCUT2D eigenvalue weighted by Crippen LogP contribution is 2.12. The summed E-state index contributed by atoms with van der Waals surface area (Å²) in [7, 11) is -1.11. The third kappa shape index (κ3) is 5.01. The van der Waals surface area contributed by atoms with Crippen LogP contribution in [0.15, 0.2) is 10.7 Å². The highest BCUT2D eigenvalue weighted by Gasteiger charge is 2.14. The molecule has 0 unspecified atom stereocenters. The van der Waals surface area contributed by atoms with Gasteiger partial charge in [-0.3, -0.25) is 0 Å². The third-order valence-corrected chi connectivity index (χ3v) is 4.27. The summed E-state index contributed by atoms with van der Waals surface area (Å²) in [6.45, 7) is 7.63.